The number of carbonyl (C=O) groups is 3. The highest BCUT2D eigenvalue weighted by Crippen LogP contribution is 2.02. The van der Waals surface area contributed by atoms with Gasteiger partial charge in [-0.3, -0.25) is 19.3 Å². The smallest absolute Gasteiger partial charge is 0.322 e. The lowest BCUT2D eigenvalue weighted by molar-refractivity contribution is -0.144. The molecule has 4 N–H and O–H groups in total. The first-order chi connectivity index (χ1) is 9.00. The van der Waals surface area contributed by atoms with E-state index in [2.05, 4.69) is 10.6 Å². The van der Waals surface area contributed by atoms with Crippen LogP contribution in [0.1, 0.15) is 12.8 Å². The van der Waals surface area contributed by atoms with Crippen LogP contribution in [0.5, 0.6) is 0 Å². The van der Waals surface area contributed by atoms with Gasteiger partial charge >= 0.3 is 11.9 Å². The average Bonchev–Trinajstić information content (AvgIpc) is 2.35. The molecular weight excluding hydrogens is 254 g/mol. The van der Waals surface area contributed by atoms with E-state index in [1.54, 1.807) is 4.90 Å². The number of nitrogens with zero attached hydrogens (tertiary/aromatic N) is 1. The fourth-order valence-electron chi connectivity index (χ4n) is 1.89. The summed E-state index contributed by atoms with van der Waals surface area (Å²) >= 11 is 0. The number of rotatable bonds is 7. The highest BCUT2D eigenvalue weighted by molar-refractivity contribution is 5.80. The zero-order valence-electron chi connectivity index (χ0n) is 10.6. The molecule has 108 valence electrons. The molecular formula is C11H19N3O5. The average molecular weight is 273 g/mol. The van der Waals surface area contributed by atoms with Crippen molar-refractivity contribution >= 4 is 17.8 Å². The fourth-order valence-corrected chi connectivity index (χ4v) is 1.89. The molecule has 0 aromatic heterocycles. The van der Waals surface area contributed by atoms with Crippen LogP contribution in [-0.4, -0.2) is 71.7 Å². The molecule has 1 aliphatic heterocycles. The topological polar surface area (TPSA) is 119 Å². The van der Waals surface area contributed by atoms with Crippen molar-refractivity contribution in [1.82, 2.24) is 15.5 Å². The number of aliphatic carboxylic acids is 2. The summed E-state index contributed by atoms with van der Waals surface area (Å²) in [4.78, 5) is 34.5. The standard InChI is InChI=1S/C11H19N3O5/c15-9(13-3-1-2-10(16)17)7-14-5-4-12-6-8(14)11(18)19/h8,12H,1-7H2,(H,13,15)(H,16,17)(H,18,19). The van der Waals surface area contributed by atoms with Crippen LogP contribution in [0, 0.1) is 0 Å². The molecule has 1 heterocycles. The maximum Gasteiger partial charge on any atom is 0.322 e. The van der Waals surface area contributed by atoms with E-state index < -0.39 is 18.0 Å². The van der Waals surface area contributed by atoms with Gasteiger partial charge in [-0.25, -0.2) is 0 Å². The maximum absolute atomic E-state index is 11.6. The largest absolute Gasteiger partial charge is 0.481 e. The van der Waals surface area contributed by atoms with Crippen molar-refractivity contribution in [2.75, 3.05) is 32.7 Å². The number of hydrogen-bond donors (Lipinski definition) is 4. The van der Waals surface area contributed by atoms with E-state index in [1.807, 2.05) is 0 Å². The van der Waals surface area contributed by atoms with Crippen molar-refractivity contribution in [2.45, 2.75) is 18.9 Å². The molecule has 1 aliphatic rings. The molecule has 0 aliphatic carbocycles. The third-order valence-corrected chi connectivity index (χ3v) is 2.88. The molecule has 0 aromatic carbocycles. The number of nitrogens with one attached hydrogen (secondary N) is 2. The Kier molecular flexibility index (Phi) is 6.23. The monoisotopic (exact) mass is 273 g/mol. The zero-order valence-corrected chi connectivity index (χ0v) is 10.6. The minimum absolute atomic E-state index is 0.00562. The number of hydrogen-bond acceptors (Lipinski definition) is 5. The van der Waals surface area contributed by atoms with E-state index in [-0.39, 0.29) is 25.4 Å². The summed E-state index contributed by atoms with van der Waals surface area (Å²) in [5.41, 5.74) is 0. The Hall–Kier alpha value is -1.67. The summed E-state index contributed by atoms with van der Waals surface area (Å²) < 4.78 is 0. The fraction of sp³-hybridized carbons (Fsp3) is 0.727. The lowest BCUT2D eigenvalue weighted by atomic mass is 10.2. The summed E-state index contributed by atoms with van der Waals surface area (Å²) in [7, 11) is 0. The predicted octanol–water partition coefficient (Wildman–Crippen LogP) is -1.67. The van der Waals surface area contributed by atoms with E-state index in [0.29, 0.717) is 26.1 Å². The number of carboxylic acid groups (broad SMARTS) is 2. The van der Waals surface area contributed by atoms with Gasteiger partial charge in [-0.1, -0.05) is 0 Å². The summed E-state index contributed by atoms with van der Waals surface area (Å²) in [6, 6.07) is -0.696. The highest BCUT2D eigenvalue weighted by atomic mass is 16.4. The van der Waals surface area contributed by atoms with E-state index in [1.165, 1.54) is 0 Å². The van der Waals surface area contributed by atoms with Crippen molar-refractivity contribution in [1.29, 1.82) is 0 Å². The molecule has 0 spiro atoms. The van der Waals surface area contributed by atoms with Crippen molar-refractivity contribution in [2.24, 2.45) is 0 Å². The summed E-state index contributed by atoms with van der Waals surface area (Å²) in [6.07, 6.45) is 0.372. The molecule has 19 heavy (non-hydrogen) atoms. The minimum Gasteiger partial charge on any atom is -0.481 e. The first-order valence-corrected chi connectivity index (χ1v) is 6.16. The van der Waals surface area contributed by atoms with Crippen molar-refractivity contribution in [3.8, 4) is 0 Å². The predicted molar refractivity (Wildman–Crippen MR) is 65.7 cm³/mol. The number of amides is 1. The normalized spacial score (nSPS) is 19.9. The van der Waals surface area contributed by atoms with Crippen LogP contribution < -0.4 is 10.6 Å². The Morgan fingerprint density at radius 2 is 2.05 bits per heavy atom. The Morgan fingerprint density at radius 3 is 2.68 bits per heavy atom. The maximum atomic E-state index is 11.6. The van der Waals surface area contributed by atoms with E-state index in [4.69, 9.17) is 10.2 Å². The highest BCUT2D eigenvalue weighted by Gasteiger charge is 2.29. The van der Waals surface area contributed by atoms with Crippen molar-refractivity contribution < 1.29 is 24.6 Å². The van der Waals surface area contributed by atoms with Crippen LogP contribution >= 0.6 is 0 Å². The Bertz CT molecular complexity index is 347. The Morgan fingerprint density at radius 1 is 1.32 bits per heavy atom. The van der Waals surface area contributed by atoms with Gasteiger partial charge in [0.1, 0.15) is 6.04 Å². The summed E-state index contributed by atoms with van der Waals surface area (Å²) in [5.74, 6) is -2.13. The molecule has 1 amide bonds. The van der Waals surface area contributed by atoms with Gasteiger partial charge in [-0.05, 0) is 6.42 Å². The Balaban J connectivity index is 2.29. The van der Waals surface area contributed by atoms with Crippen LogP contribution in [0.2, 0.25) is 0 Å². The van der Waals surface area contributed by atoms with Gasteiger partial charge in [0.15, 0.2) is 0 Å². The zero-order chi connectivity index (χ0) is 14.3. The molecule has 1 atom stereocenters. The van der Waals surface area contributed by atoms with Gasteiger partial charge < -0.3 is 20.8 Å². The number of piperazine rings is 1. The molecule has 0 aromatic rings. The van der Waals surface area contributed by atoms with E-state index >= 15 is 0 Å². The van der Waals surface area contributed by atoms with Gasteiger partial charge in [0.2, 0.25) is 5.91 Å². The summed E-state index contributed by atoms with van der Waals surface area (Å²) in [5, 5.41) is 23.0. The van der Waals surface area contributed by atoms with Gasteiger partial charge in [0, 0.05) is 32.6 Å². The number of carboxylic acids is 2. The van der Waals surface area contributed by atoms with Crippen LogP contribution in [0.25, 0.3) is 0 Å². The van der Waals surface area contributed by atoms with Crippen LogP contribution in [0.3, 0.4) is 0 Å². The molecule has 8 nitrogen and oxygen atoms in total. The molecule has 0 radical (unpaired) electrons. The van der Waals surface area contributed by atoms with Crippen molar-refractivity contribution in [3.05, 3.63) is 0 Å². The van der Waals surface area contributed by atoms with Gasteiger partial charge in [-0.15, -0.1) is 0 Å². The first-order valence-electron chi connectivity index (χ1n) is 6.16. The molecule has 1 rings (SSSR count). The second-order valence-electron chi connectivity index (χ2n) is 4.38. The third kappa shape index (κ3) is 5.66. The SMILES string of the molecule is O=C(O)CCCNC(=O)CN1CCNCC1C(=O)O. The lowest BCUT2D eigenvalue weighted by Crippen LogP contribution is -2.57. The third-order valence-electron chi connectivity index (χ3n) is 2.88. The minimum atomic E-state index is -0.953. The molecule has 1 saturated heterocycles. The van der Waals surface area contributed by atoms with Crippen LogP contribution in [0.15, 0.2) is 0 Å². The molecule has 8 heteroatoms. The van der Waals surface area contributed by atoms with Crippen LogP contribution in [0.4, 0.5) is 0 Å². The van der Waals surface area contributed by atoms with Gasteiger partial charge in [0.25, 0.3) is 0 Å². The second kappa shape index (κ2) is 7.70. The first kappa shape index (κ1) is 15.4. The van der Waals surface area contributed by atoms with E-state index in [0.717, 1.165) is 0 Å². The van der Waals surface area contributed by atoms with E-state index in [9.17, 15) is 14.4 Å². The molecule has 1 fully saturated rings. The molecule has 0 bridgehead atoms. The molecule has 0 saturated carbocycles. The quantitative estimate of drug-likeness (QED) is 0.409. The lowest BCUT2D eigenvalue weighted by Gasteiger charge is -2.32. The van der Waals surface area contributed by atoms with Crippen LogP contribution in [-0.2, 0) is 14.4 Å². The van der Waals surface area contributed by atoms with Gasteiger partial charge in [-0.2, -0.15) is 0 Å². The number of carbonyl (C=O) groups excluding carboxylic acids is 1. The molecule has 1 unspecified atom stereocenters. The Labute approximate surface area is 110 Å². The second-order valence-corrected chi connectivity index (χ2v) is 4.38. The summed E-state index contributed by atoms with van der Waals surface area (Å²) in [6.45, 7) is 1.78. The van der Waals surface area contributed by atoms with Crippen molar-refractivity contribution in [3.63, 3.8) is 0 Å². The van der Waals surface area contributed by atoms with Gasteiger partial charge in [0.05, 0.1) is 6.54 Å².